The van der Waals surface area contributed by atoms with Gasteiger partial charge in [-0.05, 0) is 24.5 Å². The maximum Gasteiger partial charge on any atom is 0.322 e. The number of fused-ring (bicyclic) bond motifs is 1. The van der Waals surface area contributed by atoms with Crippen molar-refractivity contribution in [3.8, 4) is 17.6 Å². The van der Waals surface area contributed by atoms with Crippen molar-refractivity contribution in [2.45, 2.75) is 17.9 Å². The smallest absolute Gasteiger partial charge is 0.322 e. The molecule has 3 rings (SSSR count). The van der Waals surface area contributed by atoms with Gasteiger partial charge in [-0.15, -0.1) is 11.8 Å². The van der Waals surface area contributed by atoms with E-state index in [9.17, 15) is 4.79 Å². The van der Waals surface area contributed by atoms with E-state index in [1.807, 2.05) is 12.3 Å². The molecule has 2 amide bonds. The summed E-state index contributed by atoms with van der Waals surface area (Å²) in [6.45, 7) is 1.59. The highest BCUT2D eigenvalue weighted by molar-refractivity contribution is 7.98. The van der Waals surface area contributed by atoms with Crippen LogP contribution in [-0.2, 0) is 6.54 Å². The average molecular weight is 373 g/mol. The molecule has 1 aliphatic rings. The molecule has 1 N–H and O–H groups in total. The SMILES string of the molecule is CSc1cc2c(cc1NC(=O)N(CCC#N)Cc1ccco1)OCCO2. The van der Waals surface area contributed by atoms with Crippen LogP contribution in [0.1, 0.15) is 12.2 Å². The number of furan rings is 1. The largest absolute Gasteiger partial charge is 0.486 e. The summed E-state index contributed by atoms with van der Waals surface area (Å²) in [5, 5.41) is 11.8. The molecule has 0 fully saturated rings. The molecule has 1 aromatic carbocycles. The molecule has 0 unspecified atom stereocenters. The van der Waals surface area contributed by atoms with E-state index in [0.29, 0.717) is 49.2 Å². The van der Waals surface area contributed by atoms with Gasteiger partial charge in [-0.3, -0.25) is 0 Å². The summed E-state index contributed by atoms with van der Waals surface area (Å²) in [5.41, 5.74) is 0.646. The van der Waals surface area contributed by atoms with Crippen molar-refractivity contribution < 1.29 is 18.7 Å². The fourth-order valence-electron chi connectivity index (χ4n) is 2.56. The van der Waals surface area contributed by atoms with Gasteiger partial charge in [0, 0.05) is 17.5 Å². The Morgan fingerprint density at radius 1 is 1.35 bits per heavy atom. The van der Waals surface area contributed by atoms with Crippen molar-refractivity contribution in [1.29, 1.82) is 5.26 Å². The fourth-order valence-corrected chi connectivity index (χ4v) is 3.11. The Morgan fingerprint density at radius 3 is 2.77 bits per heavy atom. The summed E-state index contributed by atoms with van der Waals surface area (Å²) >= 11 is 1.51. The first-order chi connectivity index (χ1) is 12.7. The van der Waals surface area contributed by atoms with Gasteiger partial charge >= 0.3 is 6.03 Å². The van der Waals surface area contributed by atoms with E-state index in [-0.39, 0.29) is 12.5 Å². The molecule has 0 saturated carbocycles. The quantitative estimate of drug-likeness (QED) is 0.777. The maximum atomic E-state index is 12.8. The van der Waals surface area contributed by atoms with Crippen molar-refractivity contribution in [1.82, 2.24) is 4.90 Å². The van der Waals surface area contributed by atoms with Crippen LogP contribution in [0.25, 0.3) is 0 Å². The van der Waals surface area contributed by atoms with Gasteiger partial charge in [-0.25, -0.2) is 4.79 Å². The molecule has 8 heteroatoms. The second kappa shape index (κ2) is 8.54. The number of amides is 2. The molecule has 1 aromatic heterocycles. The van der Waals surface area contributed by atoms with E-state index in [1.54, 1.807) is 29.4 Å². The zero-order valence-electron chi connectivity index (χ0n) is 14.4. The van der Waals surface area contributed by atoms with Crippen LogP contribution in [0.2, 0.25) is 0 Å². The monoisotopic (exact) mass is 373 g/mol. The zero-order chi connectivity index (χ0) is 18.4. The summed E-state index contributed by atoms with van der Waals surface area (Å²) in [6.07, 6.45) is 3.73. The first-order valence-corrected chi connectivity index (χ1v) is 9.36. The Kier molecular flexibility index (Phi) is 5.92. The van der Waals surface area contributed by atoms with Crippen molar-refractivity contribution >= 4 is 23.5 Å². The fraction of sp³-hybridized carbons (Fsp3) is 0.333. The average Bonchev–Trinajstić information content (AvgIpc) is 3.17. The minimum Gasteiger partial charge on any atom is -0.486 e. The first-order valence-electron chi connectivity index (χ1n) is 8.14. The standard InChI is InChI=1S/C18H19N3O4S/c1-26-17-11-16-15(24-8-9-25-16)10-14(17)20-18(22)21(6-3-5-19)12-13-4-2-7-23-13/h2,4,7,10-11H,3,6,8-9,12H2,1H3,(H,20,22). The van der Waals surface area contributed by atoms with Gasteiger partial charge in [0.25, 0.3) is 0 Å². The second-order valence-corrected chi connectivity index (χ2v) is 6.38. The van der Waals surface area contributed by atoms with E-state index < -0.39 is 0 Å². The minimum absolute atomic E-state index is 0.241. The number of hydrogen-bond donors (Lipinski definition) is 1. The minimum atomic E-state index is -0.302. The Hall–Kier alpha value is -2.79. The van der Waals surface area contributed by atoms with E-state index in [1.165, 1.54) is 11.8 Å². The van der Waals surface area contributed by atoms with Gasteiger partial charge in [-0.2, -0.15) is 5.26 Å². The molecule has 7 nitrogen and oxygen atoms in total. The summed E-state index contributed by atoms with van der Waals surface area (Å²) in [5.74, 6) is 1.94. The number of carbonyl (C=O) groups is 1. The number of rotatable bonds is 6. The molecule has 0 aliphatic carbocycles. The van der Waals surface area contributed by atoms with Gasteiger partial charge < -0.3 is 24.1 Å². The van der Waals surface area contributed by atoms with E-state index in [2.05, 4.69) is 11.4 Å². The Labute approximate surface area is 155 Å². The zero-order valence-corrected chi connectivity index (χ0v) is 15.2. The Morgan fingerprint density at radius 2 is 2.12 bits per heavy atom. The van der Waals surface area contributed by atoms with Crippen LogP contribution in [0.5, 0.6) is 11.5 Å². The lowest BCUT2D eigenvalue weighted by Gasteiger charge is -2.24. The first kappa shape index (κ1) is 18.0. The molecular formula is C18H19N3O4S. The van der Waals surface area contributed by atoms with Crippen LogP contribution in [0.15, 0.2) is 39.8 Å². The topological polar surface area (TPSA) is 87.7 Å². The highest BCUT2D eigenvalue weighted by Gasteiger charge is 2.20. The third kappa shape index (κ3) is 4.24. The third-order valence-corrected chi connectivity index (χ3v) is 4.59. The second-order valence-electron chi connectivity index (χ2n) is 5.54. The number of thioether (sulfide) groups is 1. The van der Waals surface area contributed by atoms with E-state index in [4.69, 9.17) is 19.2 Å². The summed E-state index contributed by atoms with van der Waals surface area (Å²) in [7, 11) is 0. The number of anilines is 1. The Balaban J connectivity index is 1.78. The van der Waals surface area contributed by atoms with E-state index in [0.717, 1.165) is 4.90 Å². The maximum absolute atomic E-state index is 12.8. The molecular weight excluding hydrogens is 354 g/mol. The summed E-state index contributed by atoms with van der Waals surface area (Å²) in [4.78, 5) is 15.2. The number of nitrogens with zero attached hydrogens (tertiary/aromatic N) is 2. The number of hydrogen-bond acceptors (Lipinski definition) is 6. The summed E-state index contributed by atoms with van der Waals surface area (Å²) < 4.78 is 16.5. The number of nitriles is 1. The third-order valence-electron chi connectivity index (χ3n) is 3.81. The molecule has 26 heavy (non-hydrogen) atoms. The Bertz CT molecular complexity index is 802. The number of urea groups is 1. The normalized spacial score (nSPS) is 12.3. The molecule has 0 radical (unpaired) electrons. The predicted octanol–water partition coefficient (Wildman–Crippen LogP) is 3.72. The molecule has 2 heterocycles. The van der Waals surface area contributed by atoms with Crippen LogP contribution in [-0.4, -0.2) is 36.9 Å². The van der Waals surface area contributed by atoms with Gasteiger partial charge in [-0.1, -0.05) is 0 Å². The molecule has 0 saturated heterocycles. The van der Waals surface area contributed by atoms with Gasteiger partial charge in [0.1, 0.15) is 19.0 Å². The molecule has 1 aliphatic heterocycles. The number of benzene rings is 1. The number of ether oxygens (including phenoxy) is 2. The van der Waals surface area contributed by atoms with Gasteiger partial charge in [0.05, 0.1) is 31.0 Å². The van der Waals surface area contributed by atoms with Crippen LogP contribution < -0.4 is 14.8 Å². The van der Waals surface area contributed by atoms with Crippen molar-refractivity contribution in [3.05, 3.63) is 36.3 Å². The number of nitrogens with one attached hydrogen (secondary N) is 1. The highest BCUT2D eigenvalue weighted by Crippen LogP contribution is 2.39. The molecule has 0 spiro atoms. The van der Waals surface area contributed by atoms with Crippen LogP contribution in [0.3, 0.4) is 0 Å². The molecule has 0 bridgehead atoms. The highest BCUT2D eigenvalue weighted by atomic mass is 32.2. The summed E-state index contributed by atoms with van der Waals surface area (Å²) in [6, 6.07) is 8.96. The lowest BCUT2D eigenvalue weighted by molar-refractivity contribution is 0.171. The van der Waals surface area contributed by atoms with E-state index >= 15 is 0 Å². The lowest BCUT2D eigenvalue weighted by Crippen LogP contribution is -2.35. The van der Waals surface area contributed by atoms with Crippen LogP contribution >= 0.6 is 11.8 Å². The van der Waals surface area contributed by atoms with Crippen LogP contribution in [0.4, 0.5) is 10.5 Å². The number of carbonyl (C=O) groups excluding carboxylic acids is 1. The molecule has 0 atom stereocenters. The van der Waals surface area contributed by atoms with Gasteiger partial charge in [0.15, 0.2) is 11.5 Å². The van der Waals surface area contributed by atoms with Gasteiger partial charge in [0.2, 0.25) is 0 Å². The molecule has 2 aromatic rings. The predicted molar refractivity (Wildman–Crippen MR) is 97.6 cm³/mol. The lowest BCUT2D eigenvalue weighted by atomic mass is 10.2. The van der Waals surface area contributed by atoms with Crippen LogP contribution in [0, 0.1) is 11.3 Å². The van der Waals surface area contributed by atoms with Crippen molar-refractivity contribution in [2.24, 2.45) is 0 Å². The molecule has 136 valence electrons. The van der Waals surface area contributed by atoms with Crippen molar-refractivity contribution in [3.63, 3.8) is 0 Å². The van der Waals surface area contributed by atoms with Crippen molar-refractivity contribution in [2.75, 3.05) is 31.3 Å².